The first-order valence-electron chi connectivity index (χ1n) is 7.48. The van der Waals surface area contributed by atoms with Crippen molar-refractivity contribution in [2.24, 2.45) is 12.8 Å². The molecule has 6 nitrogen and oxygen atoms in total. The summed E-state index contributed by atoms with van der Waals surface area (Å²) in [7, 11) is 1.85. The molecule has 0 bridgehead atoms. The van der Waals surface area contributed by atoms with Crippen LogP contribution in [0, 0.1) is 5.82 Å². The third kappa shape index (κ3) is 2.35. The molecule has 7 heteroatoms. The van der Waals surface area contributed by atoms with Crippen molar-refractivity contribution in [2.45, 2.75) is 6.54 Å². The Morgan fingerprint density at radius 2 is 2.00 bits per heavy atom. The lowest BCUT2D eigenvalue weighted by molar-refractivity contribution is 0.611. The predicted molar refractivity (Wildman–Crippen MR) is 88.5 cm³/mol. The van der Waals surface area contributed by atoms with Gasteiger partial charge in [-0.3, -0.25) is 4.68 Å². The van der Waals surface area contributed by atoms with E-state index in [0.717, 1.165) is 16.8 Å². The van der Waals surface area contributed by atoms with E-state index in [1.807, 2.05) is 31.6 Å². The zero-order valence-electron chi connectivity index (χ0n) is 13.0. The predicted octanol–water partition coefficient (Wildman–Crippen LogP) is 2.39. The van der Waals surface area contributed by atoms with E-state index >= 15 is 0 Å². The molecule has 24 heavy (non-hydrogen) atoms. The number of rotatable bonds is 3. The number of halogens is 1. The first-order valence-corrected chi connectivity index (χ1v) is 7.48. The van der Waals surface area contributed by atoms with Crippen molar-refractivity contribution in [2.75, 3.05) is 0 Å². The smallest absolute Gasteiger partial charge is 0.128 e. The van der Waals surface area contributed by atoms with Crippen LogP contribution in [0.3, 0.4) is 0 Å². The first-order chi connectivity index (χ1) is 11.7. The Hall–Kier alpha value is -3.06. The third-order valence-electron chi connectivity index (χ3n) is 3.94. The summed E-state index contributed by atoms with van der Waals surface area (Å²) in [5.41, 5.74) is 9.76. The fourth-order valence-electron chi connectivity index (χ4n) is 2.69. The van der Waals surface area contributed by atoms with Crippen molar-refractivity contribution in [3.05, 3.63) is 60.4 Å². The van der Waals surface area contributed by atoms with Gasteiger partial charge in [0.15, 0.2) is 0 Å². The molecular formula is C17H15FN6. The molecular weight excluding hydrogens is 307 g/mol. The summed E-state index contributed by atoms with van der Waals surface area (Å²) in [6.45, 7) is 0.164. The highest BCUT2D eigenvalue weighted by atomic mass is 19.1. The van der Waals surface area contributed by atoms with Gasteiger partial charge in [-0.2, -0.15) is 10.2 Å². The van der Waals surface area contributed by atoms with Crippen LogP contribution in [0.1, 0.15) is 5.56 Å². The lowest BCUT2D eigenvalue weighted by atomic mass is 10.1. The van der Waals surface area contributed by atoms with Crippen molar-refractivity contribution >= 4 is 5.52 Å². The van der Waals surface area contributed by atoms with Crippen molar-refractivity contribution in [1.29, 1.82) is 0 Å². The second-order valence-electron chi connectivity index (χ2n) is 5.55. The minimum absolute atomic E-state index is 0.164. The van der Waals surface area contributed by atoms with Crippen LogP contribution in [0.2, 0.25) is 0 Å². The molecule has 0 atom stereocenters. The average molecular weight is 322 g/mol. The van der Waals surface area contributed by atoms with Gasteiger partial charge in [0.2, 0.25) is 0 Å². The molecule has 0 aliphatic carbocycles. The number of hydrogen-bond acceptors (Lipinski definition) is 4. The molecule has 0 fully saturated rings. The summed E-state index contributed by atoms with van der Waals surface area (Å²) in [4.78, 5) is 4.71. The number of aryl methyl sites for hydroxylation is 1. The number of nitrogens with zero attached hydrogens (tertiary/aromatic N) is 5. The Labute approximate surface area is 137 Å². The fraction of sp³-hybridized carbons (Fsp3) is 0.118. The monoisotopic (exact) mass is 322 g/mol. The van der Waals surface area contributed by atoms with Crippen LogP contribution in [0.25, 0.3) is 28.0 Å². The molecule has 4 rings (SSSR count). The summed E-state index contributed by atoms with van der Waals surface area (Å²) in [6.07, 6.45) is 7.14. The zero-order chi connectivity index (χ0) is 16.7. The number of nitrogens with two attached hydrogens (primary N) is 1. The van der Waals surface area contributed by atoms with E-state index in [1.54, 1.807) is 27.7 Å². The molecule has 0 unspecified atom stereocenters. The molecule has 120 valence electrons. The molecule has 0 aliphatic rings. The molecule has 3 heterocycles. The number of benzene rings is 1. The Balaban J connectivity index is 1.93. The minimum Gasteiger partial charge on any atom is -0.326 e. The van der Waals surface area contributed by atoms with E-state index in [1.165, 1.54) is 6.07 Å². The van der Waals surface area contributed by atoms with Gasteiger partial charge in [-0.15, -0.1) is 0 Å². The highest BCUT2D eigenvalue weighted by Gasteiger charge is 2.13. The van der Waals surface area contributed by atoms with Crippen LogP contribution in [0.15, 0.2) is 49.1 Å². The molecule has 0 saturated heterocycles. The standard InChI is InChI=1S/C17H15FN6/c1-23-9-13(8-21-23)15-10-24-16(4-5-20-24)17(22-15)11-2-3-12(7-19)14(18)6-11/h2-6,8-10H,7,19H2,1H3. The van der Waals surface area contributed by atoms with Gasteiger partial charge < -0.3 is 5.73 Å². The SMILES string of the molecule is Cn1cc(-c2cn3nccc3c(-c3ccc(CN)c(F)c3)n2)cn1. The van der Waals surface area contributed by atoms with Gasteiger partial charge in [0.05, 0.1) is 35.5 Å². The molecule has 1 aromatic carbocycles. The van der Waals surface area contributed by atoms with Crippen LogP contribution in [-0.2, 0) is 13.6 Å². The lowest BCUT2D eigenvalue weighted by Crippen LogP contribution is -2.01. The Morgan fingerprint density at radius 1 is 1.12 bits per heavy atom. The van der Waals surface area contributed by atoms with Crippen LogP contribution >= 0.6 is 0 Å². The molecule has 0 radical (unpaired) electrons. The van der Waals surface area contributed by atoms with Crippen LogP contribution in [-0.4, -0.2) is 24.4 Å². The van der Waals surface area contributed by atoms with Crippen molar-refractivity contribution < 1.29 is 4.39 Å². The second kappa shape index (κ2) is 5.54. The van der Waals surface area contributed by atoms with E-state index < -0.39 is 0 Å². The zero-order valence-corrected chi connectivity index (χ0v) is 13.0. The maximum atomic E-state index is 14.1. The topological polar surface area (TPSA) is 74.0 Å². The van der Waals surface area contributed by atoms with Gasteiger partial charge in [0.1, 0.15) is 5.82 Å². The van der Waals surface area contributed by atoms with E-state index in [2.05, 4.69) is 10.2 Å². The van der Waals surface area contributed by atoms with Crippen molar-refractivity contribution in [3.8, 4) is 22.5 Å². The van der Waals surface area contributed by atoms with Gasteiger partial charge in [-0.05, 0) is 12.1 Å². The van der Waals surface area contributed by atoms with E-state index in [9.17, 15) is 4.39 Å². The van der Waals surface area contributed by atoms with E-state index in [4.69, 9.17) is 10.7 Å². The van der Waals surface area contributed by atoms with E-state index in [0.29, 0.717) is 16.8 Å². The van der Waals surface area contributed by atoms with Gasteiger partial charge in [-0.25, -0.2) is 13.9 Å². The third-order valence-corrected chi connectivity index (χ3v) is 3.94. The minimum atomic E-state index is -0.332. The summed E-state index contributed by atoms with van der Waals surface area (Å²) in [6, 6.07) is 6.83. The first kappa shape index (κ1) is 14.5. The molecule has 4 aromatic rings. The lowest BCUT2D eigenvalue weighted by Gasteiger charge is -2.08. The van der Waals surface area contributed by atoms with Crippen LogP contribution < -0.4 is 5.73 Å². The summed E-state index contributed by atoms with van der Waals surface area (Å²) in [5, 5.41) is 8.46. The summed E-state index contributed by atoms with van der Waals surface area (Å²) in [5.74, 6) is -0.332. The maximum absolute atomic E-state index is 14.1. The highest BCUT2D eigenvalue weighted by molar-refractivity contribution is 5.79. The molecule has 0 saturated carbocycles. The molecule has 0 spiro atoms. The molecule has 2 N–H and O–H groups in total. The van der Waals surface area contributed by atoms with E-state index in [-0.39, 0.29) is 12.4 Å². The largest absolute Gasteiger partial charge is 0.326 e. The fourth-order valence-corrected chi connectivity index (χ4v) is 2.69. The maximum Gasteiger partial charge on any atom is 0.128 e. The Morgan fingerprint density at radius 3 is 2.71 bits per heavy atom. The molecule has 0 amide bonds. The molecule has 3 aromatic heterocycles. The van der Waals surface area contributed by atoms with Gasteiger partial charge in [0.25, 0.3) is 0 Å². The average Bonchev–Trinajstić information content (AvgIpc) is 3.22. The van der Waals surface area contributed by atoms with Crippen LogP contribution in [0.5, 0.6) is 0 Å². The van der Waals surface area contributed by atoms with Crippen LogP contribution in [0.4, 0.5) is 4.39 Å². The normalized spacial score (nSPS) is 11.3. The second-order valence-corrected chi connectivity index (χ2v) is 5.55. The van der Waals surface area contributed by atoms with Gasteiger partial charge in [-0.1, -0.05) is 12.1 Å². The summed E-state index contributed by atoms with van der Waals surface area (Å²) < 4.78 is 17.6. The van der Waals surface area contributed by atoms with Crippen molar-refractivity contribution in [1.82, 2.24) is 24.4 Å². The number of fused-ring (bicyclic) bond motifs is 1. The number of hydrogen-bond donors (Lipinski definition) is 1. The Bertz CT molecular complexity index is 1030. The van der Waals surface area contributed by atoms with Gasteiger partial charge in [0, 0.05) is 36.5 Å². The van der Waals surface area contributed by atoms with Gasteiger partial charge >= 0.3 is 0 Å². The summed E-state index contributed by atoms with van der Waals surface area (Å²) >= 11 is 0. The highest BCUT2D eigenvalue weighted by Crippen LogP contribution is 2.27. The number of aromatic nitrogens is 5. The molecule has 0 aliphatic heterocycles. The van der Waals surface area contributed by atoms with Crippen molar-refractivity contribution in [3.63, 3.8) is 0 Å². The Kier molecular flexibility index (Phi) is 3.35. The quantitative estimate of drug-likeness (QED) is 0.628.